The van der Waals surface area contributed by atoms with E-state index in [-0.39, 0.29) is 12.7 Å². The van der Waals surface area contributed by atoms with Gasteiger partial charge < -0.3 is 19.5 Å². The topological polar surface area (TPSA) is 59.0 Å². The number of hydrogen-bond donors (Lipinski definition) is 1. The molecule has 0 heterocycles. The summed E-state index contributed by atoms with van der Waals surface area (Å²) in [6.45, 7) is 6.02. The van der Waals surface area contributed by atoms with E-state index < -0.39 is 6.16 Å². The van der Waals surface area contributed by atoms with E-state index in [1.54, 1.807) is 0 Å². The van der Waals surface area contributed by atoms with Crippen LogP contribution in [0.2, 0.25) is 0 Å². The molecule has 0 aliphatic heterocycles. The van der Waals surface area contributed by atoms with Crippen LogP contribution in [0.25, 0.3) is 0 Å². The van der Waals surface area contributed by atoms with Crippen LogP contribution in [0.15, 0.2) is 0 Å². The summed E-state index contributed by atoms with van der Waals surface area (Å²) in [5.74, 6) is 0.609. The number of nitrogens with zero attached hydrogens (tertiary/aromatic N) is 1. The summed E-state index contributed by atoms with van der Waals surface area (Å²) >= 11 is 0. The number of hydrogen-bond acceptors (Lipinski definition) is 5. The Morgan fingerprint density at radius 2 is 1.26 bits per heavy atom. The molecule has 0 saturated heterocycles. The molecule has 1 atom stereocenters. The van der Waals surface area contributed by atoms with Gasteiger partial charge in [-0.1, -0.05) is 104 Å². The van der Waals surface area contributed by atoms with Crippen molar-refractivity contribution in [3.63, 3.8) is 0 Å². The van der Waals surface area contributed by atoms with Crippen molar-refractivity contribution >= 4 is 6.16 Å². The Labute approximate surface area is 212 Å². The molecular weight excluding hydrogens is 426 g/mol. The molecule has 0 aromatic rings. The second kappa shape index (κ2) is 25.3. The second-order valence-corrected chi connectivity index (χ2v) is 10.4. The zero-order chi connectivity index (χ0) is 25.3. The van der Waals surface area contributed by atoms with Crippen LogP contribution in [-0.2, 0) is 9.47 Å². The van der Waals surface area contributed by atoms with Gasteiger partial charge in [-0.25, -0.2) is 4.79 Å². The van der Waals surface area contributed by atoms with Gasteiger partial charge in [0.05, 0.1) is 6.61 Å². The van der Waals surface area contributed by atoms with Crippen LogP contribution < -0.4 is 0 Å². The number of rotatable bonds is 25. The fraction of sp³-hybridized carbons (Fsp3) is 0.966. The molecule has 0 rings (SSSR count). The summed E-state index contributed by atoms with van der Waals surface area (Å²) in [7, 11) is 4.03. The molecular formula is C29H59NO4. The van der Waals surface area contributed by atoms with Crippen molar-refractivity contribution in [1.82, 2.24) is 4.90 Å². The van der Waals surface area contributed by atoms with E-state index >= 15 is 0 Å². The SMILES string of the molecule is CCCCCCCCC(CCCCCCCC)CC(CCCCO)OC(=O)OCCCN(C)C. The van der Waals surface area contributed by atoms with Gasteiger partial charge >= 0.3 is 6.16 Å². The van der Waals surface area contributed by atoms with Crippen LogP contribution >= 0.6 is 0 Å². The molecule has 204 valence electrons. The maximum atomic E-state index is 12.3. The molecule has 0 amide bonds. The Balaban J connectivity index is 4.67. The van der Waals surface area contributed by atoms with Gasteiger partial charge in [0.25, 0.3) is 0 Å². The predicted molar refractivity (Wildman–Crippen MR) is 144 cm³/mol. The third kappa shape index (κ3) is 23.0. The summed E-state index contributed by atoms with van der Waals surface area (Å²) < 4.78 is 11.1. The molecule has 5 heteroatoms. The number of ether oxygens (including phenoxy) is 2. The molecule has 0 saturated carbocycles. The Kier molecular flexibility index (Phi) is 24.7. The van der Waals surface area contributed by atoms with Crippen molar-refractivity contribution in [2.75, 3.05) is 33.9 Å². The fourth-order valence-electron chi connectivity index (χ4n) is 4.59. The van der Waals surface area contributed by atoms with E-state index in [1.165, 1.54) is 89.9 Å². The summed E-state index contributed by atoms with van der Waals surface area (Å²) in [5.41, 5.74) is 0. The summed E-state index contributed by atoms with van der Waals surface area (Å²) in [6, 6.07) is 0. The average Bonchev–Trinajstić information content (AvgIpc) is 2.81. The lowest BCUT2D eigenvalue weighted by Gasteiger charge is -2.24. The lowest BCUT2D eigenvalue weighted by molar-refractivity contribution is 0.00897. The Morgan fingerprint density at radius 1 is 0.735 bits per heavy atom. The monoisotopic (exact) mass is 485 g/mol. The first-order valence-corrected chi connectivity index (χ1v) is 14.6. The van der Waals surface area contributed by atoms with Gasteiger partial charge in [-0.2, -0.15) is 0 Å². The zero-order valence-corrected chi connectivity index (χ0v) is 23.3. The van der Waals surface area contributed by atoms with Crippen molar-refractivity contribution in [3.8, 4) is 0 Å². The number of aliphatic hydroxyl groups excluding tert-OH is 1. The van der Waals surface area contributed by atoms with Gasteiger partial charge in [-0.3, -0.25) is 0 Å². The molecule has 0 aliphatic carbocycles. The van der Waals surface area contributed by atoms with Crippen LogP contribution in [0.1, 0.15) is 136 Å². The molecule has 0 aromatic heterocycles. The maximum Gasteiger partial charge on any atom is 0.508 e. The molecule has 1 N–H and O–H groups in total. The normalized spacial score (nSPS) is 12.4. The highest BCUT2D eigenvalue weighted by molar-refractivity contribution is 5.60. The average molecular weight is 486 g/mol. The highest BCUT2D eigenvalue weighted by atomic mass is 16.7. The first kappa shape index (κ1) is 33.2. The van der Waals surface area contributed by atoms with Crippen molar-refractivity contribution < 1.29 is 19.4 Å². The molecule has 1 unspecified atom stereocenters. The minimum Gasteiger partial charge on any atom is -0.434 e. The molecule has 0 aliphatic rings. The van der Waals surface area contributed by atoms with E-state index in [4.69, 9.17) is 9.47 Å². The van der Waals surface area contributed by atoms with Crippen molar-refractivity contribution in [2.45, 2.75) is 142 Å². The van der Waals surface area contributed by atoms with Crippen LogP contribution in [0.5, 0.6) is 0 Å². The molecule has 0 fully saturated rings. The van der Waals surface area contributed by atoms with Gasteiger partial charge in [0.15, 0.2) is 0 Å². The largest absolute Gasteiger partial charge is 0.508 e. The minimum atomic E-state index is -0.523. The summed E-state index contributed by atoms with van der Waals surface area (Å²) in [6.07, 6.45) is 21.9. The van der Waals surface area contributed by atoms with Crippen molar-refractivity contribution in [3.05, 3.63) is 0 Å². The first-order valence-electron chi connectivity index (χ1n) is 14.6. The van der Waals surface area contributed by atoms with E-state index in [2.05, 4.69) is 18.7 Å². The third-order valence-electron chi connectivity index (χ3n) is 6.69. The fourth-order valence-corrected chi connectivity index (χ4v) is 4.59. The molecule has 0 radical (unpaired) electrons. The first-order chi connectivity index (χ1) is 16.5. The van der Waals surface area contributed by atoms with Gasteiger partial charge in [-0.15, -0.1) is 0 Å². The van der Waals surface area contributed by atoms with Crippen molar-refractivity contribution in [1.29, 1.82) is 0 Å². The van der Waals surface area contributed by atoms with E-state index in [0.717, 1.165) is 38.6 Å². The van der Waals surface area contributed by atoms with Crippen LogP contribution in [-0.4, -0.2) is 56.1 Å². The van der Waals surface area contributed by atoms with Crippen LogP contribution in [0.4, 0.5) is 4.79 Å². The highest BCUT2D eigenvalue weighted by Gasteiger charge is 2.21. The Morgan fingerprint density at radius 3 is 1.79 bits per heavy atom. The summed E-state index contributed by atoms with van der Waals surface area (Å²) in [5, 5.41) is 9.20. The van der Waals surface area contributed by atoms with Crippen LogP contribution in [0, 0.1) is 5.92 Å². The van der Waals surface area contributed by atoms with Gasteiger partial charge in [-0.05, 0) is 52.1 Å². The number of aliphatic hydroxyl groups is 1. The smallest absolute Gasteiger partial charge is 0.434 e. The standard InChI is InChI=1S/C29H59NO4/c1-5-7-9-11-13-15-20-27(21-16-14-12-10-8-6-2)26-28(22-17-18-24-31)34-29(32)33-25-19-23-30(3)4/h27-28,31H,5-26H2,1-4H3. The Hall–Kier alpha value is -0.810. The van der Waals surface area contributed by atoms with Gasteiger partial charge in [0, 0.05) is 13.2 Å². The maximum absolute atomic E-state index is 12.3. The number of carbonyl (C=O) groups excluding carboxylic acids is 1. The third-order valence-corrected chi connectivity index (χ3v) is 6.69. The highest BCUT2D eigenvalue weighted by Crippen LogP contribution is 2.26. The lowest BCUT2D eigenvalue weighted by atomic mass is 9.88. The molecule has 0 aromatic carbocycles. The second-order valence-electron chi connectivity index (χ2n) is 10.4. The van der Waals surface area contributed by atoms with Gasteiger partial charge in [0.2, 0.25) is 0 Å². The van der Waals surface area contributed by atoms with Crippen LogP contribution in [0.3, 0.4) is 0 Å². The summed E-state index contributed by atoms with van der Waals surface area (Å²) in [4.78, 5) is 14.4. The Bertz CT molecular complexity index is 414. The molecule has 34 heavy (non-hydrogen) atoms. The molecule has 0 bridgehead atoms. The number of unbranched alkanes of at least 4 members (excludes halogenated alkanes) is 11. The predicted octanol–water partition coefficient (Wildman–Crippen LogP) is 8.13. The van der Waals surface area contributed by atoms with E-state index in [1.807, 2.05) is 14.1 Å². The van der Waals surface area contributed by atoms with Crippen molar-refractivity contribution in [2.24, 2.45) is 5.92 Å². The zero-order valence-electron chi connectivity index (χ0n) is 23.3. The molecule has 5 nitrogen and oxygen atoms in total. The quantitative estimate of drug-likeness (QED) is 0.104. The van der Waals surface area contributed by atoms with Gasteiger partial charge in [0.1, 0.15) is 6.10 Å². The lowest BCUT2D eigenvalue weighted by Crippen LogP contribution is -2.23. The van der Waals surface area contributed by atoms with E-state index in [9.17, 15) is 9.90 Å². The minimum absolute atomic E-state index is 0.0990. The van der Waals surface area contributed by atoms with E-state index in [0.29, 0.717) is 12.5 Å². The number of carbonyl (C=O) groups is 1. The molecule has 0 spiro atoms.